The highest BCUT2D eigenvalue weighted by Crippen LogP contribution is 2.40. The fourth-order valence-electron chi connectivity index (χ4n) is 2.45. The van der Waals surface area contributed by atoms with Crippen molar-refractivity contribution < 1.29 is 28.7 Å². The largest absolute Gasteiger partial charge is 0.506 e. The number of rotatable bonds is 3. The molecule has 3 aromatic rings. The Bertz CT molecular complexity index is 1110. The van der Waals surface area contributed by atoms with Crippen LogP contribution in [-0.2, 0) is 10.1 Å². The quantitative estimate of drug-likeness (QED) is 0.472. The van der Waals surface area contributed by atoms with Crippen molar-refractivity contribution >= 4 is 32.3 Å². The van der Waals surface area contributed by atoms with Gasteiger partial charge in [0, 0.05) is 16.8 Å². The Labute approximate surface area is 149 Å². The first-order valence-electron chi connectivity index (χ1n) is 7.21. The molecule has 0 atom stereocenters. The highest BCUT2D eigenvalue weighted by molar-refractivity contribution is 7.86. The van der Waals surface area contributed by atoms with Gasteiger partial charge in [0.2, 0.25) is 0 Å². The first-order valence-corrected chi connectivity index (χ1v) is 8.65. The van der Waals surface area contributed by atoms with Gasteiger partial charge in [0.25, 0.3) is 10.1 Å². The summed E-state index contributed by atoms with van der Waals surface area (Å²) in [5.41, 5.74) is 1.11. The number of fused-ring (bicyclic) bond motifs is 1. The van der Waals surface area contributed by atoms with Crippen LogP contribution >= 0.6 is 0 Å². The Balaban J connectivity index is 0.00000243. The fourth-order valence-corrected chi connectivity index (χ4v) is 3.17. The number of phenols is 2. The molecule has 0 fully saturated rings. The lowest BCUT2D eigenvalue weighted by Crippen LogP contribution is -1.99. The van der Waals surface area contributed by atoms with Gasteiger partial charge in [-0.3, -0.25) is 4.55 Å². The van der Waals surface area contributed by atoms with Gasteiger partial charge in [0.1, 0.15) is 27.8 Å². The zero-order valence-electron chi connectivity index (χ0n) is 13.6. The standard InChI is InChI=1S/C17H14N2O5S.H2O/c1-10-6-7-14(20)13(8-10)18-19-17-12-5-3-2-4-11(12)16(9-15(17)21)25(22,23)24;/h2-9,20-21H,1H3,(H,22,23,24);1H2. The molecule has 9 heteroatoms. The van der Waals surface area contributed by atoms with E-state index in [0.717, 1.165) is 11.6 Å². The predicted molar refractivity (Wildman–Crippen MR) is 96.1 cm³/mol. The van der Waals surface area contributed by atoms with Crippen LogP contribution in [0.2, 0.25) is 0 Å². The molecule has 0 aliphatic rings. The minimum Gasteiger partial charge on any atom is -0.506 e. The molecule has 0 radical (unpaired) electrons. The summed E-state index contributed by atoms with van der Waals surface area (Å²) in [7, 11) is -4.52. The van der Waals surface area contributed by atoms with E-state index in [1.807, 2.05) is 6.92 Å². The van der Waals surface area contributed by atoms with Crippen molar-refractivity contribution in [1.29, 1.82) is 0 Å². The monoisotopic (exact) mass is 376 g/mol. The van der Waals surface area contributed by atoms with Crippen LogP contribution in [0.1, 0.15) is 5.56 Å². The first kappa shape index (κ1) is 19.3. The highest BCUT2D eigenvalue weighted by Gasteiger charge is 2.19. The minimum absolute atomic E-state index is 0. The Morgan fingerprint density at radius 2 is 1.54 bits per heavy atom. The number of azo groups is 1. The molecule has 136 valence electrons. The molecular weight excluding hydrogens is 360 g/mol. The molecule has 0 spiro atoms. The van der Waals surface area contributed by atoms with Gasteiger partial charge < -0.3 is 15.7 Å². The maximum atomic E-state index is 11.5. The zero-order chi connectivity index (χ0) is 18.2. The van der Waals surface area contributed by atoms with Crippen LogP contribution in [0, 0.1) is 6.92 Å². The summed E-state index contributed by atoms with van der Waals surface area (Å²) in [6.45, 7) is 1.83. The van der Waals surface area contributed by atoms with Crippen LogP contribution in [0.15, 0.2) is 63.7 Å². The van der Waals surface area contributed by atoms with E-state index >= 15 is 0 Å². The lowest BCUT2D eigenvalue weighted by atomic mass is 10.1. The average molecular weight is 376 g/mol. The summed E-state index contributed by atoms with van der Waals surface area (Å²) in [6, 6.07) is 12.0. The van der Waals surface area contributed by atoms with Crippen LogP contribution < -0.4 is 0 Å². The second kappa shape index (κ2) is 7.08. The van der Waals surface area contributed by atoms with Gasteiger partial charge in [-0.25, -0.2) is 0 Å². The van der Waals surface area contributed by atoms with Gasteiger partial charge in [-0.1, -0.05) is 30.3 Å². The van der Waals surface area contributed by atoms with E-state index < -0.39 is 20.8 Å². The Morgan fingerprint density at radius 3 is 2.19 bits per heavy atom. The van der Waals surface area contributed by atoms with Crippen LogP contribution in [0.5, 0.6) is 11.5 Å². The lowest BCUT2D eigenvalue weighted by molar-refractivity contribution is 0.468. The van der Waals surface area contributed by atoms with E-state index in [1.165, 1.54) is 12.1 Å². The van der Waals surface area contributed by atoms with Crippen molar-refractivity contribution in [1.82, 2.24) is 0 Å². The summed E-state index contributed by atoms with van der Waals surface area (Å²) < 4.78 is 32.4. The summed E-state index contributed by atoms with van der Waals surface area (Å²) >= 11 is 0. The number of benzene rings is 3. The Morgan fingerprint density at radius 1 is 0.885 bits per heavy atom. The van der Waals surface area contributed by atoms with Gasteiger partial charge in [-0.15, -0.1) is 10.2 Å². The van der Waals surface area contributed by atoms with E-state index in [1.54, 1.807) is 30.3 Å². The molecule has 5 N–H and O–H groups in total. The van der Waals surface area contributed by atoms with E-state index in [-0.39, 0.29) is 28.0 Å². The van der Waals surface area contributed by atoms with Gasteiger partial charge in [0.05, 0.1) is 0 Å². The van der Waals surface area contributed by atoms with Crippen LogP contribution in [-0.4, -0.2) is 28.7 Å². The normalized spacial score (nSPS) is 11.6. The van der Waals surface area contributed by atoms with E-state index in [0.29, 0.717) is 5.39 Å². The van der Waals surface area contributed by atoms with Crippen molar-refractivity contribution in [3.63, 3.8) is 0 Å². The summed E-state index contributed by atoms with van der Waals surface area (Å²) in [5, 5.41) is 28.4. The van der Waals surface area contributed by atoms with Crippen LogP contribution in [0.25, 0.3) is 10.8 Å². The maximum absolute atomic E-state index is 11.5. The number of hydrogen-bond acceptors (Lipinski definition) is 6. The van der Waals surface area contributed by atoms with Crippen LogP contribution in [0.4, 0.5) is 11.4 Å². The van der Waals surface area contributed by atoms with E-state index in [4.69, 9.17) is 0 Å². The highest BCUT2D eigenvalue weighted by atomic mass is 32.2. The first-order chi connectivity index (χ1) is 11.8. The molecule has 26 heavy (non-hydrogen) atoms. The topological polar surface area (TPSA) is 151 Å². The molecule has 0 saturated carbocycles. The van der Waals surface area contributed by atoms with Gasteiger partial charge >= 0.3 is 0 Å². The third kappa shape index (κ3) is 3.64. The van der Waals surface area contributed by atoms with Crippen molar-refractivity contribution in [3.05, 3.63) is 54.1 Å². The van der Waals surface area contributed by atoms with Crippen LogP contribution in [0.3, 0.4) is 0 Å². The molecule has 0 aromatic heterocycles. The number of nitrogens with zero attached hydrogens (tertiary/aromatic N) is 2. The zero-order valence-corrected chi connectivity index (χ0v) is 14.4. The molecule has 0 bridgehead atoms. The molecular formula is C17H16N2O6S. The minimum atomic E-state index is -4.52. The molecule has 0 aliphatic carbocycles. The number of aryl methyl sites for hydroxylation is 1. The van der Waals surface area contributed by atoms with Gasteiger partial charge in [-0.05, 0) is 24.6 Å². The average Bonchev–Trinajstić information content (AvgIpc) is 2.55. The molecule has 3 rings (SSSR count). The molecule has 3 aromatic carbocycles. The molecule has 0 saturated heterocycles. The van der Waals surface area contributed by atoms with Crippen molar-refractivity contribution in [2.45, 2.75) is 11.8 Å². The second-order valence-electron chi connectivity index (χ2n) is 5.46. The van der Waals surface area contributed by atoms with Gasteiger partial charge in [-0.2, -0.15) is 8.42 Å². The van der Waals surface area contributed by atoms with E-state index in [2.05, 4.69) is 10.2 Å². The summed E-state index contributed by atoms with van der Waals surface area (Å²) in [4.78, 5) is -0.419. The third-order valence-electron chi connectivity index (χ3n) is 3.62. The number of phenolic OH excluding ortho intramolecular Hbond substituents is 2. The third-order valence-corrected chi connectivity index (χ3v) is 4.52. The molecule has 0 aliphatic heterocycles. The van der Waals surface area contributed by atoms with Crippen molar-refractivity contribution in [3.8, 4) is 11.5 Å². The van der Waals surface area contributed by atoms with Crippen molar-refractivity contribution in [2.75, 3.05) is 0 Å². The maximum Gasteiger partial charge on any atom is 0.295 e. The Hall–Kier alpha value is -3.01. The predicted octanol–water partition coefficient (Wildman–Crippen LogP) is 3.40. The number of hydrogen-bond donors (Lipinski definition) is 3. The molecule has 8 nitrogen and oxygen atoms in total. The summed E-state index contributed by atoms with van der Waals surface area (Å²) in [5.74, 6) is -0.532. The van der Waals surface area contributed by atoms with Crippen molar-refractivity contribution in [2.24, 2.45) is 10.2 Å². The van der Waals surface area contributed by atoms with Gasteiger partial charge in [0.15, 0.2) is 0 Å². The fraction of sp³-hybridized carbons (Fsp3) is 0.0588. The second-order valence-corrected chi connectivity index (χ2v) is 6.85. The smallest absolute Gasteiger partial charge is 0.295 e. The lowest BCUT2D eigenvalue weighted by Gasteiger charge is -2.08. The Kier molecular flexibility index (Phi) is 5.26. The molecule has 0 amide bonds. The summed E-state index contributed by atoms with van der Waals surface area (Å²) in [6.07, 6.45) is 0. The SMILES string of the molecule is Cc1ccc(O)c(N=Nc2c(O)cc(S(=O)(=O)O)c3ccccc23)c1.O. The molecule has 0 heterocycles. The van der Waals surface area contributed by atoms with E-state index in [9.17, 15) is 23.2 Å². The number of aromatic hydroxyl groups is 2. The molecule has 0 unspecified atom stereocenters.